The van der Waals surface area contributed by atoms with Gasteiger partial charge in [-0.15, -0.1) is 35.3 Å². The van der Waals surface area contributed by atoms with Crippen molar-refractivity contribution in [2.24, 2.45) is 4.99 Å². The van der Waals surface area contributed by atoms with E-state index in [1.54, 1.807) is 0 Å². The van der Waals surface area contributed by atoms with Crippen LogP contribution in [-0.4, -0.2) is 32.3 Å². The fourth-order valence-corrected chi connectivity index (χ4v) is 3.02. The third-order valence-electron chi connectivity index (χ3n) is 3.33. The number of ether oxygens (including phenoxy) is 1. The number of nitrogens with one attached hydrogen (secondary N) is 2. The molecule has 0 spiro atoms. The maximum Gasteiger partial charge on any atom is 0.191 e. The topological polar surface area (TPSA) is 45.7 Å². The molecule has 1 aromatic heterocycles. The summed E-state index contributed by atoms with van der Waals surface area (Å²) in [4.78, 5) is 7.28. The molecule has 2 heterocycles. The van der Waals surface area contributed by atoms with Crippen molar-refractivity contribution in [3.63, 3.8) is 0 Å². The molecule has 0 atom stereocenters. The van der Waals surface area contributed by atoms with Crippen molar-refractivity contribution in [3.8, 4) is 0 Å². The van der Waals surface area contributed by atoms with Crippen LogP contribution < -0.4 is 10.6 Å². The van der Waals surface area contributed by atoms with Crippen LogP contribution in [0.5, 0.6) is 0 Å². The van der Waals surface area contributed by atoms with E-state index in [-0.39, 0.29) is 24.0 Å². The van der Waals surface area contributed by atoms with Crippen LogP contribution in [-0.2, 0) is 11.3 Å². The number of thiophene rings is 1. The fourth-order valence-electron chi connectivity index (χ4n) is 2.20. The molecule has 0 saturated carbocycles. The Hall–Kier alpha value is -0.600. The molecule has 0 saturated heterocycles. The van der Waals surface area contributed by atoms with E-state index in [1.165, 1.54) is 15.3 Å². The Kier molecular flexibility index (Phi) is 9.74. The minimum atomic E-state index is 0. The van der Waals surface area contributed by atoms with Gasteiger partial charge in [0.25, 0.3) is 0 Å². The van der Waals surface area contributed by atoms with E-state index in [0.29, 0.717) is 0 Å². The van der Waals surface area contributed by atoms with Gasteiger partial charge in [-0.1, -0.05) is 11.6 Å². The average molecular weight is 435 g/mol. The lowest BCUT2D eigenvalue weighted by atomic mass is 10.1. The SMILES string of the molecule is CCNC(=NCc1ccc(C)s1)NCCC1=CCOCC1.I. The zero-order chi connectivity index (χ0) is 14.9. The number of halogens is 1. The number of rotatable bonds is 6. The quantitative estimate of drug-likeness (QED) is 0.311. The van der Waals surface area contributed by atoms with Gasteiger partial charge in [-0.25, -0.2) is 4.99 Å². The van der Waals surface area contributed by atoms with Crippen LogP contribution in [0.3, 0.4) is 0 Å². The summed E-state index contributed by atoms with van der Waals surface area (Å²) in [6, 6.07) is 4.30. The Labute approximate surface area is 154 Å². The summed E-state index contributed by atoms with van der Waals surface area (Å²) in [5.74, 6) is 0.899. The Morgan fingerprint density at radius 2 is 2.23 bits per heavy atom. The van der Waals surface area contributed by atoms with Crippen LogP contribution >= 0.6 is 35.3 Å². The molecule has 0 amide bonds. The lowest BCUT2D eigenvalue weighted by Gasteiger charge is -2.15. The third kappa shape index (κ3) is 7.11. The Morgan fingerprint density at radius 1 is 1.36 bits per heavy atom. The first-order valence-corrected chi connectivity index (χ1v) is 8.42. The first kappa shape index (κ1) is 19.4. The zero-order valence-corrected chi connectivity index (χ0v) is 16.5. The van der Waals surface area contributed by atoms with Gasteiger partial charge in [0.1, 0.15) is 0 Å². The standard InChI is InChI=1S/C16H25N3OS.HI/c1-3-17-16(19-12-15-5-4-13(2)21-15)18-9-6-14-7-10-20-11-8-14;/h4-5,7H,3,6,8-12H2,1-2H3,(H2,17,18,19);1H. The minimum absolute atomic E-state index is 0. The molecule has 22 heavy (non-hydrogen) atoms. The lowest BCUT2D eigenvalue weighted by molar-refractivity contribution is 0.153. The summed E-state index contributed by atoms with van der Waals surface area (Å²) in [5.41, 5.74) is 1.48. The van der Waals surface area contributed by atoms with Crippen molar-refractivity contribution < 1.29 is 4.74 Å². The summed E-state index contributed by atoms with van der Waals surface area (Å²) in [6.45, 7) is 8.38. The van der Waals surface area contributed by atoms with Crippen molar-refractivity contribution in [2.45, 2.75) is 33.2 Å². The molecule has 4 nitrogen and oxygen atoms in total. The van der Waals surface area contributed by atoms with Gasteiger partial charge in [0.05, 0.1) is 19.8 Å². The second kappa shape index (κ2) is 11.0. The summed E-state index contributed by atoms with van der Waals surface area (Å²) in [6.07, 6.45) is 4.32. The lowest BCUT2D eigenvalue weighted by Crippen LogP contribution is -2.37. The summed E-state index contributed by atoms with van der Waals surface area (Å²) in [7, 11) is 0. The van der Waals surface area contributed by atoms with E-state index in [2.05, 4.69) is 47.7 Å². The number of nitrogens with zero attached hydrogens (tertiary/aromatic N) is 1. The second-order valence-electron chi connectivity index (χ2n) is 5.07. The van der Waals surface area contributed by atoms with Crippen LogP contribution in [0.15, 0.2) is 28.8 Å². The monoisotopic (exact) mass is 435 g/mol. The molecule has 2 rings (SSSR count). The molecule has 0 aliphatic carbocycles. The molecule has 1 aliphatic rings. The number of aryl methyl sites for hydroxylation is 1. The van der Waals surface area contributed by atoms with Crippen molar-refractivity contribution in [3.05, 3.63) is 33.5 Å². The Bertz CT molecular complexity index is 499. The average Bonchev–Trinajstić information content (AvgIpc) is 2.91. The maximum absolute atomic E-state index is 5.32. The normalized spacial score (nSPS) is 15.0. The van der Waals surface area contributed by atoms with Crippen LogP contribution in [0.1, 0.15) is 29.5 Å². The van der Waals surface area contributed by atoms with E-state index in [9.17, 15) is 0 Å². The van der Waals surface area contributed by atoms with Crippen LogP contribution in [0.2, 0.25) is 0 Å². The molecule has 1 aliphatic heterocycles. The number of hydrogen-bond donors (Lipinski definition) is 2. The molecule has 0 fully saturated rings. The molecule has 1 aromatic rings. The molecule has 0 bridgehead atoms. The summed E-state index contributed by atoms with van der Waals surface area (Å²) >= 11 is 1.81. The summed E-state index contributed by atoms with van der Waals surface area (Å²) in [5, 5.41) is 6.70. The minimum Gasteiger partial charge on any atom is -0.377 e. The van der Waals surface area contributed by atoms with Gasteiger partial charge in [0.2, 0.25) is 0 Å². The van der Waals surface area contributed by atoms with Crippen LogP contribution in [0.4, 0.5) is 0 Å². The Balaban J connectivity index is 0.00000242. The smallest absolute Gasteiger partial charge is 0.191 e. The highest BCUT2D eigenvalue weighted by Gasteiger charge is 2.04. The first-order valence-electron chi connectivity index (χ1n) is 7.61. The van der Waals surface area contributed by atoms with Gasteiger partial charge in [0, 0.05) is 22.8 Å². The first-order chi connectivity index (χ1) is 10.3. The van der Waals surface area contributed by atoms with Gasteiger partial charge >= 0.3 is 0 Å². The van der Waals surface area contributed by atoms with E-state index in [1.807, 2.05) is 11.3 Å². The molecular weight excluding hydrogens is 409 g/mol. The van der Waals surface area contributed by atoms with Crippen molar-refractivity contribution in [1.82, 2.24) is 10.6 Å². The third-order valence-corrected chi connectivity index (χ3v) is 4.31. The van der Waals surface area contributed by atoms with Crippen molar-refractivity contribution in [1.29, 1.82) is 0 Å². The maximum atomic E-state index is 5.32. The Morgan fingerprint density at radius 3 is 2.86 bits per heavy atom. The van der Waals surface area contributed by atoms with Gasteiger partial charge < -0.3 is 15.4 Å². The van der Waals surface area contributed by atoms with E-state index >= 15 is 0 Å². The molecule has 6 heteroatoms. The molecule has 124 valence electrons. The predicted molar refractivity (Wildman–Crippen MR) is 105 cm³/mol. The molecule has 0 unspecified atom stereocenters. The summed E-state index contributed by atoms with van der Waals surface area (Å²) < 4.78 is 5.32. The van der Waals surface area contributed by atoms with E-state index in [0.717, 1.165) is 51.6 Å². The molecule has 0 radical (unpaired) electrons. The highest BCUT2D eigenvalue weighted by Crippen LogP contribution is 2.15. The second-order valence-corrected chi connectivity index (χ2v) is 6.44. The molecule has 2 N–H and O–H groups in total. The van der Waals surface area contributed by atoms with E-state index < -0.39 is 0 Å². The van der Waals surface area contributed by atoms with Gasteiger partial charge in [-0.3, -0.25) is 0 Å². The largest absolute Gasteiger partial charge is 0.377 e. The fraction of sp³-hybridized carbons (Fsp3) is 0.562. The molecule has 0 aromatic carbocycles. The highest BCUT2D eigenvalue weighted by atomic mass is 127. The number of guanidine groups is 1. The van der Waals surface area contributed by atoms with Crippen LogP contribution in [0.25, 0.3) is 0 Å². The van der Waals surface area contributed by atoms with Crippen molar-refractivity contribution in [2.75, 3.05) is 26.3 Å². The highest BCUT2D eigenvalue weighted by molar-refractivity contribution is 14.0. The predicted octanol–water partition coefficient (Wildman–Crippen LogP) is 3.47. The number of aliphatic imine (C=N–C) groups is 1. The molecular formula is C16H26IN3OS. The van der Waals surface area contributed by atoms with E-state index in [4.69, 9.17) is 4.74 Å². The van der Waals surface area contributed by atoms with Gasteiger partial charge in [-0.2, -0.15) is 0 Å². The zero-order valence-electron chi connectivity index (χ0n) is 13.4. The number of hydrogen-bond acceptors (Lipinski definition) is 3. The van der Waals surface area contributed by atoms with Crippen LogP contribution in [0, 0.1) is 6.92 Å². The van der Waals surface area contributed by atoms with Gasteiger partial charge in [-0.05, 0) is 38.8 Å². The van der Waals surface area contributed by atoms with Gasteiger partial charge in [0.15, 0.2) is 5.96 Å². The van der Waals surface area contributed by atoms with Crippen molar-refractivity contribution >= 4 is 41.3 Å².